The number of thiophene rings is 1. The van der Waals surface area contributed by atoms with Crippen molar-refractivity contribution < 1.29 is 14.3 Å². The van der Waals surface area contributed by atoms with E-state index >= 15 is 0 Å². The van der Waals surface area contributed by atoms with Crippen molar-refractivity contribution in [2.24, 2.45) is 10.7 Å². The van der Waals surface area contributed by atoms with Gasteiger partial charge in [0.15, 0.2) is 0 Å². The van der Waals surface area contributed by atoms with Crippen molar-refractivity contribution in [1.29, 1.82) is 0 Å². The summed E-state index contributed by atoms with van der Waals surface area (Å²) in [4.78, 5) is 17.1. The van der Waals surface area contributed by atoms with Gasteiger partial charge in [0.05, 0.1) is 23.8 Å². The monoisotopic (exact) mass is 318 g/mol. The molecule has 6 heteroatoms. The number of hydrogen-bond acceptors (Lipinski definition) is 5. The summed E-state index contributed by atoms with van der Waals surface area (Å²) in [6.07, 6.45) is -0.0473. The van der Waals surface area contributed by atoms with Gasteiger partial charge < -0.3 is 15.2 Å². The Bertz CT molecular complexity index is 679. The molecule has 22 heavy (non-hydrogen) atoms. The lowest BCUT2D eigenvalue weighted by Crippen LogP contribution is -2.12. The fraction of sp³-hybridized carbons (Fsp3) is 0.250. The molecule has 0 aliphatic rings. The van der Waals surface area contributed by atoms with Crippen LogP contribution < -0.4 is 10.5 Å². The molecule has 1 heterocycles. The summed E-state index contributed by atoms with van der Waals surface area (Å²) in [5.41, 5.74) is 6.86. The molecule has 0 unspecified atom stereocenters. The minimum Gasteiger partial charge on any atom is -0.490 e. The van der Waals surface area contributed by atoms with Gasteiger partial charge in [-0.15, -0.1) is 11.3 Å². The molecule has 116 valence electrons. The summed E-state index contributed by atoms with van der Waals surface area (Å²) in [5, 5.41) is 1.93. The van der Waals surface area contributed by atoms with E-state index in [0.717, 1.165) is 4.88 Å². The number of benzene rings is 1. The third kappa shape index (κ3) is 3.85. The Labute approximate surface area is 133 Å². The number of aliphatic imine (C=N–C) groups is 1. The van der Waals surface area contributed by atoms with E-state index in [1.807, 2.05) is 31.4 Å². The number of rotatable bonds is 5. The quantitative estimate of drug-likeness (QED) is 0.521. The van der Waals surface area contributed by atoms with Crippen LogP contribution in [-0.2, 0) is 4.74 Å². The van der Waals surface area contributed by atoms with E-state index in [-0.39, 0.29) is 6.10 Å². The van der Waals surface area contributed by atoms with Crippen molar-refractivity contribution in [3.63, 3.8) is 0 Å². The Morgan fingerprint density at radius 1 is 1.32 bits per heavy atom. The van der Waals surface area contributed by atoms with E-state index in [0.29, 0.717) is 22.8 Å². The summed E-state index contributed by atoms with van der Waals surface area (Å²) in [6.45, 7) is 3.78. The van der Waals surface area contributed by atoms with Crippen LogP contribution in [0.25, 0.3) is 0 Å². The molecule has 1 aromatic carbocycles. The fourth-order valence-electron chi connectivity index (χ4n) is 1.83. The summed E-state index contributed by atoms with van der Waals surface area (Å²) in [6, 6.07) is 8.87. The van der Waals surface area contributed by atoms with Gasteiger partial charge >= 0.3 is 5.97 Å². The van der Waals surface area contributed by atoms with Crippen LogP contribution in [0.4, 0.5) is 5.69 Å². The molecule has 1 aromatic heterocycles. The Balaban J connectivity index is 2.38. The number of ether oxygens (including phenoxy) is 2. The Morgan fingerprint density at radius 3 is 2.68 bits per heavy atom. The highest BCUT2D eigenvalue weighted by molar-refractivity contribution is 7.12. The van der Waals surface area contributed by atoms with Gasteiger partial charge in [0.2, 0.25) is 0 Å². The Hall–Kier alpha value is -2.34. The normalized spacial score (nSPS) is 11.5. The average Bonchev–Trinajstić information content (AvgIpc) is 3.02. The van der Waals surface area contributed by atoms with E-state index in [1.54, 1.807) is 18.2 Å². The molecule has 0 saturated carbocycles. The highest BCUT2D eigenvalue weighted by Crippen LogP contribution is 2.26. The fourth-order valence-corrected chi connectivity index (χ4v) is 2.46. The zero-order valence-electron chi connectivity index (χ0n) is 12.7. The third-order valence-electron chi connectivity index (χ3n) is 2.75. The second-order valence-corrected chi connectivity index (χ2v) is 5.76. The first-order valence-electron chi connectivity index (χ1n) is 6.78. The molecule has 0 radical (unpaired) electrons. The maximum absolute atomic E-state index is 11.9. The molecule has 0 saturated heterocycles. The molecular weight excluding hydrogens is 300 g/mol. The number of hydrogen-bond donors (Lipinski definition) is 1. The zero-order chi connectivity index (χ0) is 16.1. The van der Waals surface area contributed by atoms with Gasteiger partial charge in [0.25, 0.3) is 0 Å². The van der Waals surface area contributed by atoms with Gasteiger partial charge in [-0.2, -0.15) is 0 Å². The second-order valence-electron chi connectivity index (χ2n) is 4.81. The molecule has 0 atom stereocenters. The predicted molar refractivity (Wildman–Crippen MR) is 88.2 cm³/mol. The van der Waals surface area contributed by atoms with Crippen LogP contribution in [-0.4, -0.2) is 25.0 Å². The SMILES string of the molecule is COC(=O)c1cc(N=C(N)c2cccs2)ccc1OC(C)C. The molecule has 2 N–H and O–H groups in total. The maximum atomic E-state index is 11.9. The number of methoxy groups -OCH3 is 1. The second kappa shape index (κ2) is 7.09. The highest BCUT2D eigenvalue weighted by atomic mass is 32.1. The molecule has 2 rings (SSSR count). The molecule has 2 aromatic rings. The van der Waals surface area contributed by atoms with E-state index in [4.69, 9.17) is 15.2 Å². The number of nitrogens with two attached hydrogens (primary N) is 1. The van der Waals surface area contributed by atoms with Gasteiger partial charge in [0, 0.05) is 0 Å². The van der Waals surface area contributed by atoms with Crippen molar-refractivity contribution in [3.8, 4) is 5.75 Å². The van der Waals surface area contributed by atoms with Crippen LogP contribution in [0.5, 0.6) is 5.75 Å². The standard InChI is InChI=1S/C16H18N2O3S/c1-10(2)21-13-7-6-11(9-12(13)16(19)20-3)18-15(17)14-5-4-8-22-14/h4-10H,1-3H3,(H2,17,18). The molecular formula is C16H18N2O3S. The topological polar surface area (TPSA) is 73.9 Å². The van der Waals surface area contributed by atoms with Crippen molar-refractivity contribution in [2.75, 3.05) is 7.11 Å². The largest absolute Gasteiger partial charge is 0.490 e. The van der Waals surface area contributed by atoms with E-state index in [1.165, 1.54) is 18.4 Å². The Kier molecular flexibility index (Phi) is 5.16. The number of carbonyl (C=O) groups is 1. The smallest absolute Gasteiger partial charge is 0.341 e. The lowest BCUT2D eigenvalue weighted by Gasteiger charge is -2.13. The average molecular weight is 318 g/mol. The first kappa shape index (κ1) is 16.0. The van der Waals surface area contributed by atoms with Crippen molar-refractivity contribution in [3.05, 3.63) is 46.2 Å². The summed E-state index contributed by atoms with van der Waals surface area (Å²) in [5.74, 6) is 0.404. The van der Waals surface area contributed by atoms with Gasteiger partial charge in [-0.25, -0.2) is 9.79 Å². The highest BCUT2D eigenvalue weighted by Gasteiger charge is 2.15. The summed E-state index contributed by atoms with van der Waals surface area (Å²) in [7, 11) is 1.33. The molecule has 0 bridgehead atoms. The zero-order valence-corrected chi connectivity index (χ0v) is 13.5. The third-order valence-corrected chi connectivity index (χ3v) is 3.65. The van der Waals surface area contributed by atoms with Crippen LogP contribution in [0.1, 0.15) is 29.1 Å². The van der Waals surface area contributed by atoms with Crippen molar-refractivity contribution >= 4 is 28.8 Å². The van der Waals surface area contributed by atoms with E-state index < -0.39 is 5.97 Å². The number of carbonyl (C=O) groups excluding carboxylic acids is 1. The molecule has 5 nitrogen and oxygen atoms in total. The van der Waals surface area contributed by atoms with Gasteiger partial charge in [0.1, 0.15) is 17.1 Å². The minimum absolute atomic E-state index is 0.0473. The molecule has 0 fully saturated rings. The first-order valence-corrected chi connectivity index (χ1v) is 7.66. The van der Waals surface area contributed by atoms with Crippen molar-refractivity contribution in [1.82, 2.24) is 0 Å². The first-order chi connectivity index (χ1) is 10.5. The molecule has 0 aliphatic carbocycles. The molecule has 0 aliphatic heterocycles. The maximum Gasteiger partial charge on any atom is 0.341 e. The molecule has 0 amide bonds. The lowest BCUT2D eigenvalue weighted by atomic mass is 10.1. The van der Waals surface area contributed by atoms with Crippen LogP contribution in [0, 0.1) is 0 Å². The van der Waals surface area contributed by atoms with Crippen LogP contribution in [0.15, 0.2) is 40.7 Å². The number of nitrogens with zero attached hydrogens (tertiary/aromatic N) is 1. The van der Waals surface area contributed by atoms with Crippen molar-refractivity contribution in [2.45, 2.75) is 20.0 Å². The van der Waals surface area contributed by atoms with Gasteiger partial charge in [-0.05, 0) is 43.5 Å². The number of esters is 1. The number of amidine groups is 1. The predicted octanol–water partition coefficient (Wildman–Crippen LogP) is 3.36. The van der Waals surface area contributed by atoms with E-state index in [2.05, 4.69) is 4.99 Å². The molecule has 0 spiro atoms. The minimum atomic E-state index is -0.470. The Morgan fingerprint density at radius 2 is 2.09 bits per heavy atom. The van der Waals surface area contributed by atoms with Gasteiger partial charge in [-0.1, -0.05) is 6.07 Å². The van der Waals surface area contributed by atoms with Crippen LogP contribution >= 0.6 is 11.3 Å². The van der Waals surface area contributed by atoms with Crippen LogP contribution in [0.3, 0.4) is 0 Å². The summed E-state index contributed by atoms with van der Waals surface area (Å²) >= 11 is 1.50. The summed E-state index contributed by atoms with van der Waals surface area (Å²) < 4.78 is 10.4. The van der Waals surface area contributed by atoms with Gasteiger partial charge in [-0.3, -0.25) is 0 Å². The van der Waals surface area contributed by atoms with E-state index in [9.17, 15) is 4.79 Å². The lowest BCUT2D eigenvalue weighted by molar-refractivity contribution is 0.0594. The van der Waals surface area contributed by atoms with Crippen LogP contribution in [0.2, 0.25) is 0 Å².